The molecule has 0 atom stereocenters. The van der Waals surface area contributed by atoms with Crippen molar-refractivity contribution in [2.75, 3.05) is 0 Å². The van der Waals surface area contributed by atoms with Crippen LogP contribution in [0.15, 0.2) is 59.7 Å². The van der Waals surface area contributed by atoms with E-state index in [0.29, 0.717) is 10.7 Å². The molecule has 2 aromatic carbocycles. The molecule has 2 heterocycles. The monoisotopic (exact) mass is 407 g/mol. The van der Waals surface area contributed by atoms with Gasteiger partial charge in [0.15, 0.2) is 11.2 Å². The van der Waals surface area contributed by atoms with Crippen LogP contribution in [0.25, 0.3) is 16.7 Å². The van der Waals surface area contributed by atoms with Crippen molar-refractivity contribution in [3.63, 3.8) is 0 Å². The molecule has 7 nitrogen and oxygen atoms in total. The van der Waals surface area contributed by atoms with E-state index in [9.17, 15) is 9.59 Å². The SMILES string of the molecule is Cc1ccc(-n2nc(C(=O)NCc3cccc(Cl)c3)c3ncn(C)c(=O)c32)cc1. The number of benzene rings is 2. The maximum atomic E-state index is 12.8. The molecule has 0 saturated heterocycles. The molecule has 0 saturated carbocycles. The summed E-state index contributed by atoms with van der Waals surface area (Å²) in [7, 11) is 1.61. The van der Waals surface area contributed by atoms with Gasteiger partial charge in [0.05, 0.1) is 12.0 Å². The van der Waals surface area contributed by atoms with Crippen molar-refractivity contribution >= 4 is 28.5 Å². The van der Waals surface area contributed by atoms with E-state index in [1.54, 1.807) is 19.2 Å². The molecule has 0 fully saturated rings. The Balaban J connectivity index is 1.76. The first-order chi connectivity index (χ1) is 13.9. The van der Waals surface area contributed by atoms with E-state index in [1.807, 2.05) is 43.3 Å². The number of carbonyl (C=O) groups is 1. The zero-order valence-corrected chi connectivity index (χ0v) is 16.6. The lowest BCUT2D eigenvalue weighted by Crippen LogP contribution is -2.24. The summed E-state index contributed by atoms with van der Waals surface area (Å²) in [6.45, 7) is 2.25. The van der Waals surface area contributed by atoms with Crippen LogP contribution in [0.3, 0.4) is 0 Å². The fourth-order valence-electron chi connectivity index (χ4n) is 3.03. The van der Waals surface area contributed by atoms with Crippen molar-refractivity contribution in [2.24, 2.45) is 7.05 Å². The van der Waals surface area contributed by atoms with Crippen LogP contribution in [0, 0.1) is 6.92 Å². The molecule has 0 aliphatic carbocycles. The maximum absolute atomic E-state index is 12.8. The Bertz CT molecular complexity index is 1270. The van der Waals surface area contributed by atoms with Crippen LogP contribution in [0.4, 0.5) is 0 Å². The largest absolute Gasteiger partial charge is 0.346 e. The highest BCUT2D eigenvalue weighted by Crippen LogP contribution is 2.18. The van der Waals surface area contributed by atoms with Crippen molar-refractivity contribution in [3.05, 3.63) is 87.1 Å². The lowest BCUT2D eigenvalue weighted by Gasteiger charge is -2.04. The van der Waals surface area contributed by atoms with Crippen LogP contribution in [0.5, 0.6) is 0 Å². The fourth-order valence-corrected chi connectivity index (χ4v) is 3.24. The molecule has 0 unspecified atom stereocenters. The zero-order chi connectivity index (χ0) is 20.5. The van der Waals surface area contributed by atoms with Crippen molar-refractivity contribution in [1.29, 1.82) is 0 Å². The Labute approximate surface area is 171 Å². The summed E-state index contributed by atoms with van der Waals surface area (Å²) in [5.41, 5.74) is 2.95. The van der Waals surface area contributed by atoms with E-state index in [4.69, 9.17) is 11.6 Å². The van der Waals surface area contributed by atoms with E-state index >= 15 is 0 Å². The van der Waals surface area contributed by atoms with E-state index in [1.165, 1.54) is 15.6 Å². The molecule has 2 aromatic heterocycles. The number of aromatic nitrogens is 4. The number of amides is 1. The molecule has 4 aromatic rings. The summed E-state index contributed by atoms with van der Waals surface area (Å²) in [5.74, 6) is -0.415. The molecule has 4 rings (SSSR count). The van der Waals surface area contributed by atoms with E-state index < -0.39 is 5.91 Å². The van der Waals surface area contributed by atoms with Gasteiger partial charge < -0.3 is 9.88 Å². The predicted molar refractivity (Wildman–Crippen MR) is 111 cm³/mol. The quantitative estimate of drug-likeness (QED) is 0.563. The van der Waals surface area contributed by atoms with Gasteiger partial charge >= 0.3 is 0 Å². The minimum absolute atomic E-state index is 0.0975. The number of nitrogens with one attached hydrogen (secondary N) is 1. The first kappa shape index (κ1) is 18.9. The van der Waals surface area contributed by atoms with Crippen molar-refractivity contribution < 1.29 is 4.79 Å². The van der Waals surface area contributed by atoms with Gasteiger partial charge in [0.1, 0.15) is 5.52 Å². The number of halogens is 1. The van der Waals surface area contributed by atoms with Crippen LogP contribution in [-0.2, 0) is 13.6 Å². The molecular formula is C21H18ClN5O2. The second-order valence-corrected chi connectivity index (χ2v) is 7.20. The third-order valence-electron chi connectivity index (χ3n) is 4.58. The van der Waals surface area contributed by atoms with Crippen LogP contribution < -0.4 is 10.9 Å². The Morgan fingerprint density at radius 3 is 2.66 bits per heavy atom. The van der Waals surface area contributed by atoms with Crippen LogP contribution >= 0.6 is 11.6 Å². The Hall–Kier alpha value is -3.45. The lowest BCUT2D eigenvalue weighted by molar-refractivity contribution is 0.0947. The zero-order valence-electron chi connectivity index (χ0n) is 15.9. The number of rotatable bonds is 4. The van der Waals surface area contributed by atoms with Gasteiger partial charge in [0, 0.05) is 18.6 Å². The molecule has 0 bridgehead atoms. The fraction of sp³-hybridized carbons (Fsp3) is 0.143. The van der Waals surface area contributed by atoms with Crippen LogP contribution in [0.1, 0.15) is 21.6 Å². The molecule has 0 spiro atoms. The summed E-state index contributed by atoms with van der Waals surface area (Å²) < 4.78 is 2.83. The van der Waals surface area contributed by atoms with E-state index in [0.717, 1.165) is 11.1 Å². The molecule has 0 aliphatic heterocycles. The first-order valence-electron chi connectivity index (χ1n) is 8.98. The highest BCUT2D eigenvalue weighted by atomic mass is 35.5. The number of fused-ring (bicyclic) bond motifs is 1. The van der Waals surface area contributed by atoms with Gasteiger partial charge in [-0.15, -0.1) is 0 Å². The first-order valence-corrected chi connectivity index (χ1v) is 9.36. The minimum Gasteiger partial charge on any atom is -0.346 e. The third kappa shape index (κ3) is 3.64. The Morgan fingerprint density at radius 2 is 1.93 bits per heavy atom. The smallest absolute Gasteiger partial charge is 0.279 e. The van der Waals surface area contributed by atoms with E-state index in [2.05, 4.69) is 15.4 Å². The van der Waals surface area contributed by atoms with Gasteiger partial charge in [0.25, 0.3) is 11.5 Å². The van der Waals surface area contributed by atoms with Crippen molar-refractivity contribution in [3.8, 4) is 5.69 Å². The molecule has 1 N–H and O–H groups in total. The summed E-state index contributed by atoms with van der Waals surface area (Å²) in [4.78, 5) is 29.9. The van der Waals surface area contributed by atoms with Gasteiger partial charge in [-0.05, 0) is 36.8 Å². The van der Waals surface area contributed by atoms with Gasteiger partial charge in [-0.2, -0.15) is 5.10 Å². The summed E-state index contributed by atoms with van der Waals surface area (Å²) in [6, 6.07) is 14.8. The molecule has 0 aliphatic rings. The number of nitrogens with zero attached hydrogens (tertiary/aromatic N) is 4. The summed E-state index contributed by atoms with van der Waals surface area (Å²) in [6.07, 6.45) is 1.39. The second kappa shape index (κ2) is 7.52. The van der Waals surface area contributed by atoms with Crippen molar-refractivity contribution in [2.45, 2.75) is 13.5 Å². The molecule has 8 heteroatoms. The highest BCUT2D eigenvalue weighted by molar-refractivity contribution is 6.30. The molecule has 1 amide bonds. The van der Waals surface area contributed by atoms with E-state index in [-0.39, 0.29) is 28.8 Å². The number of hydrogen-bond donors (Lipinski definition) is 1. The standard InChI is InChI=1S/C21H18ClN5O2/c1-13-6-8-16(9-7-13)27-19-17(24-12-26(2)21(19)29)18(25-27)20(28)23-11-14-4-3-5-15(22)10-14/h3-10,12H,11H2,1-2H3,(H,23,28). The van der Waals surface area contributed by atoms with Crippen LogP contribution in [-0.4, -0.2) is 25.2 Å². The maximum Gasteiger partial charge on any atom is 0.279 e. The second-order valence-electron chi connectivity index (χ2n) is 6.77. The average Bonchev–Trinajstić information content (AvgIpc) is 3.10. The minimum atomic E-state index is -0.415. The number of aryl methyl sites for hydroxylation is 2. The normalized spacial score (nSPS) is 11.0. The molecular weight excluding hydrogens is 390 g/mol. The highest BCUT2D eigenvalue weighted by Gasteiger charge is 2.22. The summed E-state index contributed by atoms with van der Waals surface area (Å²) in [5, 5.41) is 7.84. The Morgan fingerprint density at radius 1 is 1.17 bits per heavy atom. The summed E-state index contributed by atoms with van der Waals surface area (Å²) >= 11 is 5.99. The van der Waals surface area contributed by atoms with Crippen molar-refractivity contribution in [1.82, 2.24) is 24.6 Å². The molecule has 29 heavy (non-hydrogen) atoms. The molecule has 146 valence electrons. The predicted octanol–water partition coefficient (Wildman–Crippen LogP) is 3.01. The van der Waals surface area contributed by atoms with Gasteiger partial charge in [-0.3, -0.25) is 9.59 Å². The van der Waals surface area contributed by atoms with Gasteiger partial charge in [0.2, 0.25) is 0 Å². The average molecular weight is 408 g/mol. The van der Waals surface area contributed by atoms with Gasteiger partial charge in [-0.1, -0.05) is 41.4 Å². The lowest BCUT2D eigenvalue weighted by atomic mass is 10.2. The molecule has 0 radical (unpaired) electrons. The van der Waals surface area contributed by atoms with Crippen LogP contribution in [0.2, 0.25) is 5.02 Å². The number of hydrogen-bond acceptors (Lipinski definition) is 4. The Kier molecular flexibility index (Phi) is 4.90. The van der Waals surface area contributed by atoms with Gasteiger partial charge in [-0.25, -0.2) is 9.67 Å². The number of carbonyl (C=O) groups excluding carboxylic acids is 1. The topological polar surface area (TPSA) is 81.8 Å². The third-order valence-corrected chi connectivity index (χ3v) is 4.81.